The lowest BCUT2D eigenvalue weighted by atomic mass is 10.1. The number of rotatable bonds is 5. The molecule has 194 valence electrons. The van der Waals surface area contributed by atoms with Crippen molar-refractivity contribution in [1.82, 2.24) is 19.3 Å². The van der Waals surface area contributed by atoms with Gasteiger partial charge >= 0.3 is 0 Å². The van der Waals surface area contributed by atoms with Gasteiger partial charge in [0.2, 0.25) is 12.2 Å². The molecule has 1 aliphatic heterocycles. The summed E-state index contributed by atoms with van der Waals surface area (Å²) < 4.78 is 27.9. The normalized spacial score (nSPS) is 16.3. The summed E-state index contributed by atoms with van der Waals surface area (Å²) in [5.41, 5.74) is 1.93. The predicted octanol–water partition coefficient (Wildman–Crippen LogP) is 4.14. The lowest BCUT2D eigenvalue weighted by Crippen LogP contribution is -2.49. The van der Waals surface area contributed by atoms with Gasteiger partial charge in [-0.3, -0.25) is 0 Å². The molecule has 1 saturated heterocycles. The monoisotopic (exact) mass is 548 g/mol. The van der Waals surface area contributed by atoms with E-state index in [1.54, 1.807) is 42.5 Å². The van der Waals surface area contributed by atoms with E-state index in [-0.39, 0.29) is 10.9 Å². The maximum absolute atomic E-state index is 13.3. The molecule has 1 aliphatic rings. The van der Waals surface area contributed by atoms with Crippen molar-refractivity contribution in [3.8, 4) is 6.19 Å². The van der Waals surface area contributed by atoms with Crippen molar-refractivity contribution in [2.24, 2.45) is 4.99 Å². The lowest BCUT2D eigenvalue weighted by Gasteiger charge is -2.34. The minimum absolute atomic E-state index is 0.0470. The highest BCUT2D eigenvalue weighted by Gasteiger charge is 2.26. The number of hydrogen-bond donors (Lipinski definition) is 2. The zero-order chi connectivity index (χ0) is 26.7. The van der Waals surface area contributed by atoms with E-state index in [0.29, 0.717) is 40.1 Å². The molecule has 0 saturated carbocycles. The summed E-state index contributed by atoms with van der Waals surface area (Å²) in [6.45, 7) is 3.21. The maximum Gasteiger partial charge on any atom is 0.269 e. The van der Waals surface area contributed by atoms with Crippen molar-refractivity contribution in [2.75, 3.05) is 23.3 Å². The van der Waals surface area contributed by atoms with Crippen LogP contribution in [0, 0.1) is 18.4 Å². The number of guanidine groups is 1. The van der Waals surface area contributed by atoms with Crippen LogP contribution in [0.15, 0.2) is 77.0 Å². The molecule has 0 bridgehead atoms. The van der Waals surface area contributed by atoms with E-state index in [2.05, 4.69) is 30.5 Å². The van der Waals surface area contributed by atoms with Gasteiger partial charge in [-0.15, -0.1) is 4.99 Å². The molecule has 0 aliphatic carbocycles. The van der Waals surface area contributed by atoms with Crippen LogP contribution in [-0.4, -0.2) is 47.4 Å². The van der Waals surface area contributed by atoms with Crippen LogP contribution in [0.5, 0.6) is 0 Å². The molecule has 5 rings (SSSR count). The van der Waals surface area contributed by atoms with Crippen LogP contribution in [0.4, 0.5) is 11.5 Å². The minimum atomic E-state index is -3.82. The first kappa shape index (κ1) is 25.5. The summed E-state index contributed by atoms with van der Waals surface area (Å²) in [5.74, 6) is 0.952. The fraction of sp³-hybridized carbons (Fsp3) is 0.231. The summed E-state index contributed by atoms with van der Waals surface area (Å²) in [6.07, 6.45) is 6.43. The molecule has 1 atom stereocenters. The Labute approximate surface area is 225 Å². The number of hydrogen-bond acceptors (Lipinski definition) is 7. The molecule has 10 nitrogen and oxygen atoms in total. The van der Waals surface area contributed by atoms with Gasteiger partial charge in [0.1, 0.15) is 12.1 Å². The van der Waals surface area contributed by atoms with E-state index in [4.69, 9.17) is 11.6 Å². The number of aliphatic imine (C=N–C) groups is 1. The quantitative estimate of drug-likeness (QED) is 0.216. The summed E-state index contributed by atoms with van der Waals surface area (Å²) in [7, 11) is -3.82. The fourth-order valence-electron chi connectivity index (χ4n) is 4.50. The minimum Gasteiger partial charge on any atom is -0.354 e. The van der Waals surface area contributed by atoms with Crippen LogP contribution in [0.25, 0.3) is 11.0 Å². The molecule has 12 heteroatoms. The Morgan fingerprint density at radius 3 is 2.71 bits per heavy atom. The van der Waals surface area contributed by atoms with E-state index < -0.39 is 10.0 Å². The van der Waals surface area contributed by atoms with Crippen molar-refractivity contribution < 1.29 is 8.42 Å². The van der Waals surface area contributed by atoms with Crippen molar-refractivity contribution >= 4 is 50.1 Å². The van der Waals surface area contributed by atoms with Gasteiger partial charge in [0.05, 0.1) is 21.0 Å². The summed E-state index contributed by atoms with van der Waals surface area (Å²) in [4.78, 5) is 15.0. The topological polar surface area (TPSA) is 128 Å². The van der Waals surface area contributed by atoms with Crippen molar-refractivity contribution in [3.05, 3.63) is 77.7 Å². The Morgan fingerprint density at radius 1 is 1.16 bits per heavy atom. The van der Waals surface area contributed by atoms with E-state index in [1.807, 2.05) is 25.2 Å². The van der Waals surface area contributed by atoms with Gasteiger partial charge in [0.25, 0.3) is 10.0 Å². The molecule has 2 aromatic carbocycles. The van der Waals surface area contributed by atoms with Crippen molar-refractivity contribution in [3.63, 3.8) is 0 Å². The highest BCUT2D eigenvalue weighted by Crippen LogP contribution is 2.29. The largest absolute Gasteiger partial charge is 0.354 e. The molecule has 1 unspecified atom stereocenters. The number of anilines is 2. The molecule has 2 aromatic heterocycles. The average Bonchev–Trinajstić information content (AvgIpc) is 3.36. The summed E-state index contributed by atoms with van der Waals surface area (Å²) in [6, 6.07) is 15.6. The number of fused-ring (bicyclic) bond motifs is 1. The first-order valence-corrected chi connectivity index (χ1v) is 13.8. The SMILES string of the molecule is Cc1ccc(S(=O)(=O)n2ccc3c(N4CCCC(NC(=NC#N)Nc5ccccc5Cl)C4)ncnc32)cc1. The van der Waals surface area contributed by atoms with Gasteiger partial charge < -0.3 is 15.5 Å². The Bertz CT molecular complexity index is 1640. The molecule has 4 aromatic rings. The Morgan fingerprint density at radius 2 is 1.95 bits per heavy atom. The molecule has 0 amide bonds. The maximum atomic E-state index is 13.3. The standard InChI is InChI=1S/C26H25ClN8O2S/c1-18-8-10-20(11-9-18)38(36,37)35-14-12-21-24(30-17-31-25(21)35)34-13-4-5-19(15-34)32-26(29-16-28)33-23-7-3-2-6-22(23)27/h2-3,6-12,14,17,19H,4-5,13,15H2,1H3,(H2,29,32,33). The van der Waals surface area contributed by atoms with Crippen LogP contribution < -0.4 is 15.5 Å². The van der Waals surface area contributed by atoms with Crippen LogP contribution >= 0.6 is 11.6 Å². The number of nitriles is 1. The number of halogens is 1. The van der Waals surface area contributed by atoms with Gasteiger partial charge in [-0.05, 0) is 50.1 Å². The number of nitrogens with one attached hydrogen (secondary N) is 2. The zero-order valence-corrected chi connectivity index (χ0v) is 22.1. The van der Waals surface area contributed by atoms with Crippen molar-refractivity contribution in [1.29, 1.82) is 5.26 Å². The molecular weight excluding hydrogens is 524 g/mol. The number of benzene rings is 2. The molecule has 1 fully saturated rings. The molecule has 3 heterocycles. The number of nitrogens with zero attached hydrogens (tertiary/aromatic N) is 6. The Balaban J connectivity index is 1.39. The van der Waals surface area contributed by atoms with E-state index >= 15 is 0 Å². The highest BCUT2D eigenvalue weighted by atomic mass is 35.5. The molecule has 0 spiro atoms. The van der Waals surface area contributed by atoms with E-state index in [0.717, 1.165) is 24.9 Å². The first-order valence-electron chi connectivity index (χ1n) is 12.0. The van der Waals surface area contributed by atoms with Gasteiger partial charge in [0.15, 0.2) is 5.65 Å². The van der Waals surface area contributed by atoms with Gasteiger partial charge in [-0.2, -0.15) is 5.26 Å². The third-order valence-electron chi connectivity index (χ3n) is 6.36. The molecule has 2 N–H and O–H groups in total. The Hall–Kier alpha value is -4.14. The third-order valence-corrected chi connectivity index (χ3v) is 8.37. The van der Waals surface area contributed by atoms with Crippen LogP contribution in [0.3, 0.4) is 0 Å². The third kappa shape index (κ3) is 5.14. The second-order valence-electron chi connectivity index (χ2n) is 8.96. The first-order chi connectivity index (χ1) is 18.4. The van der Waals surface area contributed by atoms with Gasteiger partial charge in [-0.1, -0.05) is 41.4 Å². The lowest BCUT2D eigenvalue weighted by molar-refractivity contribution is 0.471. The smallest absolute Gasteiger partial charge is 0.269 e. The van der Waals surface area contributed by atoms with E-state index in [9.17, 15) is 13.7 Å². The fourth-order valence-corrected chi connectivity index (χ4v) is 5.99. The molecule has 0 radical (unpaired) electrons. The average molecular weight is 549 g/mol. The molecular formula is C26H25ClN8O2S. The van der Waals surface area contributed by atoms with Crippen molar-refractivity contribution in [2.45, 2.75) is 30.7 Å². The second kappa shape index (κ2) is 10.7. The van der Waals surface area contributed by atoms with Crippen LogP contribution in [0.2, 0.25) is 5.02 Å². The van der Waals surface area contributed by atoms with Crippen LogP contribution in [0.1, 0.15) is 18.4 Å². The predicted molar refractivity (Wildman–Crippen MR) is 148 cm³/mol. The second-order valence-corrected chi connectivity index (χ2v) is 11.2. The number of aromatic nitrogens is 3. The number of para-hydroxylation sites is 1. The van der Waals surface area contributed by atoms with Crippen LogP contribution in [-0.2, 0) is 10.0 Å². The van der Waals surface area contributed by atoms with Gasteiger partial charge in [-0.25, -0.2) is 22.4 Å². The van der Waals surface area contributed by atoms with Gasteiger partial charge in [0, 0.05) is 25.3 Å². The zero-order valence-electron chi connectivity index (χ0n) is 20.5. The number of aryl methyl sites for hydroxylation is 1. The molecule has 38 heavy (non-hydrogen) atoms. The summed E-state index contributed by atoms with van der Waals surface area (Å²) >= 11 is 6.25. The Kier molecular flexibility index (Phi) is 7.18. The van der Waals surface area contributed by atoms with E-state index in [1.165, 1.54) is 16.5 Å². The highest BCUT2D eigenvalue weighted by molar-refractivity contribution is 7.90. The summed E-state index contributed by atoms with van der Waals surface area (Å²) in [5, 5.41) is 16.7. The number of piperidine rings is 1.